The molecule has 3 rings (SSSR count). The van der Waals surface area contributed by atoms with Crippen molar-refractivity contribution >= 4 is 5.96 Å². The predicted molar refractivity (Wildman–Crippen MR) is 92.8 cm³/mol. The minimum absolute atomic E-state index is 0.564. The summed E-state index contributed by atoms with van der Waals surface area (Å²) in [7, 11) is 0. The highest BCUT2D eigenvalue weighted by Gasteiger charge is 2.22. The monoisotopic (exact) mass is 328 g/mol. The molecule has 1 aromatic heterocycles. The molecule has 1 aromatic carbocycles. The van der Waals surface area contributed by atoms with Crippen molar-refractivity contribution in [2.75, 3.05) is 13.2 Å². The van der Waals surface area contributed by atoms with Gasteiger partial charge in [-0.05, 0) is 31.7 Å². The van der Waals surface area contributed by atoms with Gasteiger partial charge >= 0.3 is 0 Å². The first-order valence-electron chi connectivity index (χ1n) is 8.47. The van der Waals surface area contributed by atoms with Crippen molar-refractivity contribution in [3.8, 4) is 5.75 Å². The van der Waals surface area contributed by atoms with E-state index in [0.717, 1.165) is 42.0 Å². The Hall–Kier alpha value is -2.50. The van der Waals surface area contributed by atoms with Crippen molar-refractivity contribution in [2.45, 2.75) is 32.9 Å². The smallest absolute Gasteiger partial charge is 0.191 e. The molecule has 1 saturated carbocycles. The number of aliphatic imine (C=N–C) groups is 1. The maximum Gasteiger partial charge on any atom is 0.191 e. The van der Waals surface area contributed by atoms with E-state index >= 15 is 0 Å². The van der Waals surface area contributed by atoms with Crippen LogP contribution in [0.1, 0.15) is 31.0 Å². The average molecular weight is 328 g/mol. The topological polar surface area (TPSA) is 71.7 Å². The molecule has 0 amide bonds. The summed E-state index contributed by atoms with van der Waals surface area (Å²) >= 11 is 0. The summed E-state index contributed by atoms with van der Waals surface area (Å²) in [5, 5.41) is 10.4. The molecule has 0 spiro atoms. The quantitative estimate of drug-likeness (QED) is 0.576. The van der Waals surface area contributed by atoms with Crippen LogP contribution >= 0.6 is 0 Å². The fourth-order valence-electron chi connectivity index (χ4n) is 2.28. The summed E-state index contributed by atoms with van der Waals surface area (Å²) < 4.78 is 10.8. The minimum atomic E-state index is 0.564. The van der Waals surface area contributed by atoms with E-state index in [9.17, 15) is 0 Å². The molecule has 2 aromatic rings. The molecule has 0 radical (unpaired) electrons. The highest BCUT2D eigenvalue weighted by Crippen LogP contribution is 2.30. The number of benzene rings is 1. The standard InChI is InChI=1S/C18H24N4O2/c1-2-19-18(21-12-16-9-10-24-22-16)20-11-15-5-3-4-6-17(15)23-13-14-7-8-14/h3-6,9-10,14H,2,7-8,11-13H2,1H3,(H2,19,20,21). The zero-order valence-electron chi connectivity index (χ0n) is 14.0. The first-order chi connectivity index (χ1) is 11.8. The highest BCUT2D eigenvalue weighted by atomic mass is 16.5. The Morgan fingerprint density at radius 1 is 1.29 bits per heavy atom. The summed E-state index contributed by atoms with van der Waals surface area (Å²) in [6, 6.07) is 9.93. The molecule has 6 heteroatoms. The lowest BCUT2D eigenvalue weighted by molar-refractivity contribution is 0.297. The molecule has 0 unspecified atom stereocenters. The Morgan fingerprint density at radius 2 is 2.17 bits per heavy atom. The summed E-state index contributed by atoms with van der Waals surface area (Å²) in [6.45, 7) is 4.78. The van der Waals surface area contributed by atoms with Crippen molar-refractivity contribution in [1.29, 1.82) is 0 Å². The van der Waals surface area contributed by atoms with Gasteiger partial charge in [0.15, 0.2) is 5.96 Å². The Kier molecular flexibility index (Phi) is 5.71. The van der Waals surface area contributed by atoms with E-state index < -0.39 is 0 Å². The van der Waals surface area contributed by atoms with Gasteiger partial charge in [0.05, 0.1) is 19.7 Å². The second kappa shape index (κ2) is 8.38. The van der Waals surface area contributed by atoms with E-state index in [-0.39, 0.29) is 0 Å². The molecule has 128 valence electrons. The number of hydrogen-bond donors (Lipinski definition) is 2. The van der Waals surface area contributed by atoms with Crippen LogP contribution in [0.2, 0.25) is 0 Å². The molecule has 1 aliphatic rings. The van der Waals surface area contributed by atoms with E-state index in [1.165, 1.54) is 12.8 Å². The molecule has 2 N–H and O–H groups in total. The molecule has 0 bridgehead atoms. The summed E-state index contributed by atoms with van der Waals surface area (Å²) in [5.41, 5.74) is 1.94. The van der Waals surface area contributed by atoms with Crippen LogP contribution in [0.15, 0.2) is 46.1 Å². The number of aromatic nitrogens is 1. The largest absolute Gasteiger partial charge is 0.493 e. The maximum absolute atomic E-state index is 5.94. The van der Waals surface area contributed by atoms with Crippen molar-refractivity contribution in [1.82, 2.24) is 15.8 Å². The zero-order valence-corrected chi connectivity index (χ0v) is 14.0. The first kappa shape index (κ1) is 16.4. The fourth-order valence-corrected chi connectivity index (χ4v) is 2.28. The summed E-state index contributed by atoms with van der Waals surface area (Å²) in [5.74, 6) is 2.42. The third-order valence-corrected chi connectivity index (χ3v) is 3.82. The number of hydrogen-bond acceptors (Lipinski definition) is 4. The second-order valence-electron chi connectivity index (χ2n) is 5.90. The molecular formula is C18H24N4O2. The molecule has 0 saturated heterocycles. The van der Waals surface area contributed by atoms with E-state index in [4.69, 9.17) is 9.26 Å². The normalized spacial score (nSPS) is 14.5. The van der Waals surface area contributed by atoms with Crippen LogP contribution < -0.4 is 15.4 Å². The van der Waals surface area contributed by atoms with Gasteiger partial charge in [-0.1, -0.05) is 23.4 Å². The molecule has 24 heavy (non-hydrogen) atoms. The predicted octanol–water partition coefficient (Wildman–Crippen LogP) is 2.72. The van der Waals surface area contributed by atoms with Gasteiger partial charge in [-0.3, -0.25) is 0 Å². The van der Waals surface area contributed by atoms with Gasteiger partial charge < -0.3 is 19.9 Å². The average Bonchev–Trinajstić information content (AvgIpc) is 3.29. The maximum atomic E-state index is 5.94. The van der Waals surface area contributed by atoms with Crippen molar-refractivity contribution in [3.05, 3.63) is 47.9 Å². The molecule has 1 fully saturated rings. The third-order valence-electron chi connectivity index (χ3n) is 3.82. The van der Waals surface area contributed by atoms with Gasteiger partial charge in [0, 0.05) is 18.2 Å². The molecule has 1 aliphatic carbocycles. The molecule has 0 aliphatic heterocycles. The lowest BCUT2D eigenvalue weighted by Gasteiger charge is -2.12. The van der Waals surface area contributed by atoms with E-state index in [0.29, 0.717) is 13.1 Å². The lowest BCUT2D eigenvalue weighted by Crippen LogP contribution is -2.36. The van der Waals surface area contributed by atoms with Crippen molar-refractivity contribution in [2.24, 2.45) is 10.9 Å². The number of nitrogens with one attached hydrogen (secondary N) is 2. The van der Waals surface area contributed by atoms with Crippen LogP contribution in [-0.2, 0) is 13.1 Å². The fraction of sp³-hybridized carbons (Fsp3) is 0.444. The highest BCUT2D eigenvalue weighted by molar-refractivity contribution is 5.79. The van der Waals surface area contributed by atoms with Gasteiger partial charge in [0.1, 0.15) is 17.7 Å². The molecule has 1 heterocycles. The molecule has 0 atom stereocenters. The lowest BCUT2D eigenvalue weighted by atomic mass is 10.2. The van der Waals surface area contributed by atoms with Gasteiger partial charge in [0.25, 0.3) is 0 Å². The van der Waals surface area contributed by atoms with E-state index in [1.54, 1.807) is 6.26 Å². The van der Waals surface area contributed by atoms with Crippen molar-refractivity contribution < 1.29 is 9.26 Å². The third kappa shape index (κ3) is 5.01. The Morgan fingerprint density at radius 3 is 2.92 bits per heavy atom. The van der Waals surface area contributed by atoms with Gasteiger partial charge in [-0.15, -0.1) is 0 Å². The zero-order chi connectivity index (χ0) is 16.6. The van der Waals surface area contributed by atoms with Gasteiger partial charge in [0.2, 0.25) is 0 Å². The Bertz CT molecular complexity index is 651. The van der Waals surface area contributed by atoms with E-state index in [1.807, 2.05) is 31.2 Å². The van der Waals surface area contributed by atoms with Crippen LogP contribution in [0.5, 0.6) is 5.75 Å². The number of nitrogens with zero attached hydrogens (tertiary/aromatic N) is 2. The number of para-hydroxylation sites is 1. The molecule has 6 nitrogen and oxygen atoms in total. The van der Waals surface area contributed by atoms with Crippen molar-refractivity contribution in [3.63, 3.8) is 0 Å². The van der Waals surface area contributed by atoms with Crippen LogP contribution in [-0.4, -0.2) is 24.3 Å². The van der Waals surface area contributed by atoms with Crippen LogP contribution in [0.25, 0.3) is 0 Å². The minimum Gasteiger partial charge on any atom is -0.493 e. The number of ether oxygens (including phenoxy) is 1. The Balaban J connectivity index is 1.60. The Labute approximate surface area is 142 Å². The second-order valence-corrected chi connectivity index (χ2v) is 5.90. The van der Waals surface area contributed by atoms with Gasteiger partial charge in [-0.2, -0.15) is 0 Å². The summed E-state index contributed by atoms with van der Waals surface area (Å²) in [4.78, 5) is 4.64. The van der Waals surface area contributed by atoms with Crippen LogP contribution in [0.4, 0.5) is 0 Å². The summed E-state index contributed by atoms with van der Waals surface area (Å²) in [6.07, 6.45) is 4.14. The number of guanidine groups is 1. The first-order valence-corrected chi connectivity index (χ1v) is 8.47. The molecular weight excluding hydrogens is 304 g/mol. The van der Waals surface area contributed by atoms with Crippen LogP contribution in [0, 0.1) is 5.92 Å². The van der Waals surface area contributed by atoms with Gasteiger partial charge in [-0.25, -0.2) is 4.99 Å². The number of rotatable bonds is 8. The van der Waals surface area contributed by atoms with Crippen LogP contribution in [0.3, 0.4) is 0 Å². The van der Waals surface area contributed by atoms with E-state index in [2.05, 4.69) is 26.8 Å². The SMILES string of the molecule is CCNC(=NCc1ccccc1OCC1CC1)NCc1ccon1.